The van der Waals surface area contributed by atoms with Gasteiger partial charge in [-0.25, -0.2) is 4.68 Å². The summed E-state index contributed by atoms with van der Waals surface area (Å²) in [5.41, 5.74) is 5.04. The van der Waals surface area contributed by atoms with Crippen LogP contribution in [0, 0.1) is 0 Å². The van der Waals surface area contributed by atoms with Crippen LogP contribution in [-0.2, 0) is 19.4 Å². The van der Waals surface area contributed by atoms with E-state index < -0.39 is 0 Å². The van der Waals surface area contributed by atoms with Crippen LogP contribution in [0.1, 0.15) is 37.2 Å². The van der Waals surface area contributed by atoms with Crippen molar-refractivity contribution in [2.24, 2.45) is 4.99 Å². The molecule has 0 unspecified atom stereocenters. The van der Waals surface area contributed by atoms with Crippen molar-refractivity contribution in [3.05, 3.63) is 47.3 Å². The maximum Gasteiger partial charge on any atom is 0.191 e. The number of guanidine groups is 1. The lowest BCUT2D eigenvalue weighted by atomic mass is 10.2. The van der Waals surface area contributed by atoms with Gasteiger partial charge in [0.1, 0.15) is 0 Å². The molecule has 1 aromatic carbocycles. The quantitative estimate of drug-likeness (QED) is 0.438. The first kappa shape index (κ1) is 18.8. The molecule has 0 bridgehead atoms. The van der Waals surface area contributed by atoms with E-state index in [0.717, 1.165) is 30.2 Å². The Bertz CT molecular complexity index is 691. The van der Waals surface area contributed by atoms with Gasteiger partial charge in [0, 0.05) is 18.8 Å². The Kier molecular flexibility index (Phi) is 6.65. The lowest BCUT2D eigenvalue weighted by Gasteiger charge is -2.14. The first-order chi connectivity index (χ1) is 11.2. The second-order valence-electron chi connectivity index (χ2n) is 6.20. The zero-order chi connectivity index (χ0) is 16.2. The lowest BCUT2D eigenvalue weighted by Crippen LogP contribution is -2.40. The number of halogens is 1. The van der Waals surface area contributed by atoms with E-state index in [1.165, 1.54) is 17.7 Å². The topological polar surface area (TPSA) is 54.2 Å². The van der Waals surface area contributed by atoms with E-state index in [2.05, 4.69) is 58.4 Å². The predicted octanol–water partition coefficient (Wildman–Crippen LogP) is 3.05. The van der Waals surface area contributed by atoms with Crippen LogP contribution >= 0.6 is 24.0 Å². The van der Waals surface area contributed by atoms with E-state index in [1.54, 1.807) is 7.05 Å². The van der Waals surface area contributed by atoms with Crippen molar-refractivity contribution < 1.29 is 0 Å². The largest absolute Gasteiger partial charge is 0.354 e. The highest BCUT2D eigenvalue weighted by Crippen LogP contribution is 2.27. The number of nitrogens with zero attached hydrogens (tertiary/aromatic N) is 3. The maximum absolute atomic E-state index is 4.86. The molecule has 5 nitrogen and oxygen atoms in total. The van der Waals surface area contributed by atoms with Gasteiger partial charge < -0.3 is 10.6 Å². The van der Waals surface area contributed by atoms with Gasteiger partial charge in [0.25, 0.3) is 0 Å². The molecule has 2 aromatic rings. The number of hydrogen-bond donors (Lipinski definition) is 2. The summed E-state index contributed by atoms with van der Waals surface area (Å²) in [7, 11) is 1.80. The molecule has 0 radical (unpaired) electrons. The van der Waals surface area contributed by atoms with Gasteiger partial charge in [0.05, 0.1) is 17.9 Å². The van der Waals surface area contributed by atoms with Crippen molar-refractivity contribution in [2.45, 2.75) is 45.7 Å². The summed E-state index contributed by atoms with van der Waals surface area (Å²) in [6.07, 6.45) is 3.44. The van der Waals surface area contributed by atoms with Crippen LogP contribution in [-0.4, -0.2) is 28.8 Å². The summed E-state index contributed by atoms with van der Waals surface area (Å²) >= 11 is 0. The van der Waals surface area contributed by atoms with E-state index in [-0.39, 0.29) is 24.0 Å². The highest BCUT2D eigenvalue weighted by molar-refractivity contribution is 14.0. The minimum Gasteiger partial charge on any atom is -0.354 e. The Labute approximate surface area is 161 Å². The molecule has 0 atom stereocenters. The molecule has 3 rings (SSSR count). The highest BCUT2D eigenvalue weighted by Gasteiger charge is 2.23. The Hall–Kier alpha value is -1.57. The highest BCUT2D eigenvalue weighted by atomic mass is 127. The van der Waals surface area contributed by atoms with Crippen LogP contribution in [0.5, 0.6) is 0 Å². The van der Waals surface area contributed by atoms with Gasteiger partial charge in [-0.1, -0.05) is 18.2 Å². The number of aliphatic imine (C=N–C) groups is 1. The number of nitrogens with one attached hydrogen (secondary N) is 2. The average molecular weight is 439 g/mol. The SMILES string of the molecule is CN=C(NCc1nn(-c2ccccc2)c2c1CCC2)NC(C)C.I. The third-order valence-corrected chi connectivity index (χ3v) is 4.09. The molecule has 24 heavy (non-hydrogen) atoms. The van der Waals surface area contributed by atoms with E-state index >= 15 is 0 Å². The fourth-order valence-electron chi connectivity index (χ4n) is 3.07. The molecule has 0 spiro atoms. The van der Waals surface area contributed by atoms with E-state index in [0.29, 0.717) is 12.6 Å². The fraction of sp³-hybridized carbons (Fsp3) is 0.444. The van der Waals surface area contributed by atoms with Gasteiger partial charge in [0.2, 0.25) is 0 Å². The molecule has 0 aliphatic heterocycles. The van der Waals surface area contributed by atoms with Crippen LogP contribution in [0.3, 0.4) is 0 Å². The van der Waals surface area contributed by atoms with Crippen LogP contribution in [0.15, 0.2) is 35.3 Å². The van der Waals surface area contributed by atoms with Crippen LogP contribution in [0.25, 0.3) is 5.69 Å². The second-order valence-corrected chi connectivity index (χ2v) is 6.20. The molecule has 0 fully saturated rings. The normalized spacial score (nSPS) is 13.6. The van der Waals surface area contributed by atoms with Gasteiger partial charge in [0.15, 0.2) is 5.96 Å². The minimum atomic E-state index is 0. The van der Waals surface area contributed by atoms with Gasteiger partial charge in [-0.05, 0) is 50.8 Å². The van der Waals surface area contributed by atoms with Crippen molar-refractivity contribution in [3.63, 3.8) is 0 Å². The number of aromatic nitrogens is 2. The summed E-state index contributed by atoms with van der Waals surface area (Å²) in [5.74, 6) is 0.820. The summed E-state index contributed by atoms with van der Waals surface area (Å²) < 4.78 is 2.11. The lowest BCUT2D eigenvalue weighted by molar-refractivity contribution is 0.688. The molecule has 1 aliphatic rings. The fourth-order valence-corrected chi connectivity index (χ4v) is 3.07. The third kappa shape index (κ3) is 4.09. The van der Waals surface area contributed by atoms with Crippen molar-refractivity contribution in [1.29, 1.82) is 0 Å². The third-order valence-electron chi connectivity index (χ3n) is 4.09. The molecule has 1 aromatic heterocycles. The predicted molar refractivity (Wildman–Crippen MR) is 109 cm³/mol. The summed E-state index contributed by atoms with van der Waals surface area (Å²) in [4.78, 5) is 4.26. The van der Waals surface area contributed by atoms with Gasteiger partial charge in [-0.3, -0.25) is 4.99 Å². The Morgan fingerprint density at radius 2 is 2.00 bits per heavy atom. The van der Waals surface area contributed by atoms with E-state index in [4.69, 9.17) is 5.10 Å². The molecule has 1 aliphatic carbocycles. The molecular weight excluding hydrogens is 413 g/mol. The summed E-state index contributed by atoms with van der Waals surface area (Å²) in [6, 6.07) is 10.7. The number of benzene rings is 1. The first-order valence-corrected chi connectivity index (χ1v) is 8.31. The van der Waals surface area contributed by atoms with Crippen molar-refractivity contribution >= 4 is 29.9 Å². The molecule has 0 amide bonds. The first-order valence-electron chi connectivity index (χ1n) is 8.31. The smallest absolute Gasteiger partial charge is 0.191 e. The van der Waals surface area contributed by atoms with Gasteiger partial charge in [-0.15, -0.1) is 24.0 Å². The van der Waals surface area contributed by atoms with E-state index in [1.807, 2.05) is 6.07 Å². The van der Waals surface area contributed by atoms with Crippen molar-refractivity contribution in [3.8, 4) is 5.69 Å². The number of para-hydroxylation sites is 1. The number of hydrogen-bond acceptors (Lipinski definition) is 2. The maximum atomic E-state index is 4.86. The van der Waals surface area contributed by atoms with Gasteiger partial charge in [-0.2, -0.15) is 5.10 Å². The van der Waals surface area contributed by atoms with Crippen molar-refractivity contribution in [2.75, 3.05) is 7.05 Å². The summed E-state index contributed by atoms with van der Waals surface area (Å²) in [5, 5.41) is 11.5. The number of rotatable bonds is 4. The molecular formula is C18H26IN5. The van der Waals surface area contributed by atoms with Crippen molar-refractivity contribution in [1.82, 2.24) is 20.4 Å². The summed E-state index contributed by atoms with van der Waals surface area (Å²) in [6.45, 7) is 4.91. The zero-order valence-corrected chi connectivity index (χ0v) is 16.9. The molecule has 2 N–H and O–H groups in total. The minimum absolute atomic E-state index is 0. The van der Waals surface area contributed by atoms with Crippen LogP contribution in [0.2, 0.25) is 0 Å². The molecule has 6 heteroatoms. The molecule has 130 valence electrons. The Morgan fingerprint density at radius 1 is 1.25 bits per heavy atom. The molecule has 0 saturated heterocycles. The molecule has 0 saturated carbocycles. The molecule has 1 heterocycles. The average Bonchev–Trinajstić information content (AvgIpc) is 3.15. The standard InChI is InChI=1S/C18H25N5.HI/c1-13(2)21-18(19-3)20-12-16-15-10-7-11-17(15)23(22-16)14-8-5-4-6-9-14;/h4-6,8-9,13H,7,10-12H2,1-3H3,(H2,19,20,21);1H. The van der Waals surface area contributed by atoms with E-state index in [9.17, 15) is 0 Å². The van der Waals surface area contributed by atoms with Crippen LogP contribution in [0.4, 0.5) is 0 Å². The van der Waals surface area contributed by atoms with Crippen LogP contribution < -0.4 is 10.6 Å². The zero-order valence-electron chi connectivity index (χ0n) is 14.5. The Balaban J connectivity index is 0.00000208. The number of fused-ring (bicyclic) bond motifs is 1. The van der Waals surface area contributed by atoms with Gasteiger partial charge >= 0.3 is 0 Å². The monoisotopic (exact) mass is 439 g/mol. The second kappa shape index (κ2) is 8.50. The Morgan fingerprint density at radius 3 is 2.67 bits per heavy atom.